The number of hydrogen-bond acceptors (Lipinski definition) is 2. The van der Waals surface area contributed by atoms with Crippen molar-refractivity contribution in [3.05, 3.63) is 65.2 Å². The number of hydrogen-bond donors (Lipinski definition) is 1. The Morgan fingerprint density at radius 2 is 2.00 bits per heavy atom. The van der Waals surface area contributed by atoms with Gasteiger partial charge in [-0.05, 0) is 24.6 Å². The first-order chi connectivity index (χ1) is 9.19. The molecule has 19 heavy (non-hydrogen) atoms. The number of rotatable bonds is 3. The molecule has 94 valence electrons. The highest BCUT2D eigenvalue weighted by Gasteiger charge is 2.07. The third-order valence-electron chi connectivity index (χ3n) is 2.77. The third-order valence-corrected chi connectivity index (χ3v) is 2.77. The fourth-order valence-corrected chi connectivity index (χ4v) is 1.89. The van der Waals surface area contributed by atoms with E-state index in [0.717, 1.165) is 11.1 Å². The van der Waals surface area contributed by atoms with Crippen molar-refractivity contribution in [2.75, 3.05) is 5.32 Å². The molecular weight excluding hydrogens is 236 g/mol. The van der Waals surface area contributed by atoms with E-state index >= 15 is 0 Å². The molecule has 1 amide bonds. The number of benzene rings is 2. The van der Waals surface area contributed by atoms with E-state index in [1.807, 2.05) is 31.2 Å². The minimum Gasteiger partial charge on any atom is -0.325 e. The van der Waals surface area contributed by atoms with Crippen LogP contribution in [0.4, 0.5) is 5.69 Å². The van der Waals surface area contributed by atoms with Crippen LogP contribution >= 0.6 is 0 Å². The number of nitrogens with one attached hydrogen (secondary N) is 1. The number of anilines is 1. The second-order valence-corrected chi connectivity index (χ2v) is 4.37. The first-order valence-electron chi connectivity index (χ1n) is 6.03. The summed E-state index contributed by atoms with van der Waals surface area (Å²) in [6.07, 6.45) is 0.307. The average Bonchev–Trinajstić information content (AvgIpc) is 2.39. The lowest BCUT2D eigenvalue weighted by Crippen LogP contribution is -2.15. The molecule has 2 aromatic rings. The Balaban J connectivity index is 2.08. The first-order valence-corrected chi connectivity index (χ1v) is 6.03. The Kier molecular flexibility index (Phi) is 3.94. The summed E-state index contributed by atoms with van der Waals surface area (Å²) in [7, 11) is 0. The molecule has 3 nitrogen and oxygen atoms in total. The summed E-state index contributed by atoms with van der Waals surface area (Å²) in [4.78, 5) is 11.9. The number of carbonyl (C=O) groups is 1. The minimum atomic E-state index is -0.117. The normalized spacial score (nSPS) is 9.68. The van der Waals surface area contributed by atoms with Gasteiger partial charge < -0.3 is 5.32 Å². The second kappa shape index (κ2) is 5.83. The van der Waals surface area contributed by atoms with E-state index in [-0.39, 0.29) is 5.91 Å². The zero-order valence-electron chi connectivity index (χ0n) is 10.7. The van der Waals surface area contributed by atoms with E-state index in [9.17, 15) is 4.79 Å². The van der Waals surface area contributed by atoms with Gasteiger partial charge in [-0.3, -0.25) is 4.79 Å². The quantitative estimate of drug-likeness (QED) is 0.910. The highest BCUT2D eigenvalue weighted by molar-refractivity contribution is 5.93. The largest absolute Gasteiger partial charge is 0.325 e. The maximum atomic E-state index is 11.9. The summed E-state index contributed by atoms with van der Waals surface area (Å²) < 4.78 is 0. The summed E-state index contributed by atoms with van der Waals surface area (Å²) in [5.74, 6) is -0.117. The molecule has 0 fully saturated rings. The predicted molar refractivity (Wildman–Crippen MR) is 74.7 cm³/mol. The summed E-state index contributed by atoms with van der Waals surface area (Å²) in [6, 6.07) is 16.9. The van der Waals surface area contributed by atoms with Gasteiger partial charge in [0.2, 0.25) is 5.91 Å². The standard InChI is InChI=1S/C16H14N2O/c1-12-5-4-6-13(9-12)10-16(19)18-15-8-3-2-7-14(15)11-17/h2-9H,10H2,1H3,(H,18,19). The van der Waals surface area contributed by atoms with Gasteiger partial charge in [0.15, 0.2) is 0 Å². The molecule has 0 unspecified atom stereocenters. The SMILES string of the molecule is Cc1cccc(CC(=O)Nc2ccccc2C#N)c1. The molecule has 0 saturated heterocycles. The lowest BCUT2D eigenvalue weighted by Gasteiger charge is -2.07. The van der Waals surface area contributed by atoms with Gasteiger partial charge in [-0.25, -0.2) is 0 Å². The van der Waals surface area contributed by atoms with E-state index in [0.29, 0.717) is 17.7 Å². The average molecular weight is 250 g/mol. The van der Waals surface area contributed by atoms with Crippen LogP contribution in [0.1, 0.15) is 16.7 Å². The summed E-state index contributed by atoms with van der Waals surface area (Å²) in [5, 5.41) is 11.7. The number of nitrogens with zero attached hydrogens (tertiary/aromatic N) is 1. The Hall–Kier alpha value is -2.60. The number of nitriles is 1. The van der Waals surface area contributed by atoms with Crippen molar-refractivity contribution in [3.63, 3.8) is 0 Å². The molecule has 1 N–H and O–H groups in total. The van der Waals surface area contributed by atoms with Gasteiger partial charge in [0.25, 0.3) is 0 Å². The van der Waals surface area contributed by atoms with Crippen LogP contribution in [-0.4, -0.2) is 5.91 Å². The molecule has 0 heterocycles. The number of para-hydroxylation sites is 1. The maximum absolute atomic E-state index is 11.9. The topological polar surface area (TPSA) is 52.9 Å². The zero-order chi connectivity index (χ0) is 13.7. The molecule has 0 saturated carbocycles. The Morgan fingerprint density at radius 3 is 2.74 bits per heavy atom. The molecular formula is C16H14N2O. The molecule has 0 aliphatic carbocycles. The van der Waals surface area contributed by atoms with Crippen LogP contribution < -0.4 is 5.32 Å². The number of carbonyl (C=O) groups excluding carboxylic acids is 1. The second-order valence-electron chi connectivity index (χ2n) is 4.37. The molecule has 0 aromatic heterocycles. The van der Waals surface area contributed by atoms with Crippen LogP contribution in [0.15, 0.2) is 48.5 Å². The van der Waals surface area contributed by atoms with E-state index in [1.165, 1.54) is 0 Å². The summed E-state index contributed by atoms with van der Waals surface area (Å²) in [5.41, 5.74) is 3.12. The van der Waals surface area contributed by atoms with Crippen LogP contribution in [0, 0.1) is 18.3 Å². The maximum Gasteiger partial charge on any atom is 0.228 e. The molecule has 0 atom stereocenters. The van der Waals surface area contributed by atoms with Crippen LogP contribution in [0.3, 0.4) is 0 Å². The monoisotopic (exact) mass is 250 g/mol. The Morgan fingerprint density at radius 1 is 1.21 bits per heavy atom. The van der Waals surface area contributed by atoms with Crippen molar-refractivity contribution in [1.29, 1.82) is 5.26 Å². The molecule has 2 rings (SSSR count). The van der Waals surface area contributed by atoms with Gasteiger partial charge in [-0.2, -0.15) is 5.26 Å². The lowest BCUT2D eigenvalue weighted by molar-refractivity contribution is -0.115. The molecule has 0 aliphatic rings. The van der Waals surface area contributed by atoms with Crippen LogP contribution in [0.2, 0.25) is 0 Å². The number of amides is 1. The van der Waals surface area contributed by atoms with Crippen molar-refractivity contribution in [1.82, 2.24) is 0 Å². The van der Waals surface area contributed by atoms with Gasteiger partial charge in [-0.1, -0.05) is 42.0 Å². The summed E-state index contributed by atoms with van der Waals surface area (Å²) >= 11 is 0. The van der Waals surface area contributed by atoms with E-state index < -0.39 is 0 Å². The Bertz CT molecular complexity index is 641. The lowest BCUT2D eigenvalue weighted by atomic mass is 10.1. The van der Waals surface area contributed by atoms with Crippen molar-refractivity contribution in [3.8, 4) is 6.07 Å². The predicted octanol–water partition coefficient (Wildman–Crippen LogP) is 3.05. The zero-order valence-corrected chi connectivity index (χ0v) is 10.7. The van der Waals surface area contributed by atoms with Crippen LogP contribution in [0.5, 0.6) is 0 Å². The highest BCUT2D eigenvalue weighted by Crippen LogP contribution is 2.14. The molecule has 0 aliphatic heterocycles. The van der Waals surface area contributed by atoms with Crippen LogP contribution in [-0.2, 0) is 11.2 Å². The number of aryl methyl sites for hydroxylation is 1. The molecule has 0 radical (unpaired) electrons. The van der Waals surface area contributed by atoms with Gasteiger partial charge in [0.1, 0.15) is 6.07 Å². The highest BCUT2D eigenvalue weighted by atomic mass is 16.1. The van der Waals surface area contributed by atoms with Crippen molar-refractivity contribution in [2.24, 2.45) is 0 Å². The molecule has 2 aromatic carbocycles. The fourth-order valence-electron chi connectivity index (χ4n) is 1.89. The van der Waals surface area contributed by atoms with E-state index in [2.05, 4.69) is 11.4 Å². The van der Waals surface area contributed by atoms with Gasteiger partial charge in [-0.15, -0.1) is 0 Å². The first kappa shape index (κ1) is 12.8. The van der Waals surface area contributed by atoms with Gasteiger partial charge in [0.05, 0.1) is 17.7 Å². The smallest absolute Gasteiger partial charge is 0.228 e. The molecule has 0 bridgehead atoms. The fraction of sp³-hybridized carbons (Fsp3) is 0.125. The summed E-state index contributed by atoms with van der Waals surface area (Å²) in [6.45, 7) is 1.99. The van der Waals surface area contributed by atoms with Crippen molar-refractivity contribution in [2.45, 2.75) is 13.3 Å². The van der Waals surface area contributed by atoms with Gasteiger partial charge in [0, 0.05) is 0 Å². The minimum absolute atomic E-state index is 0.117. The van der Waals surface area contributed by atoms with Crippen LogP contribution in [0.25, 0.3) is 0 Å². The Labute approximate surface area is 112 Å². The van der Waals surface area contributed by atoms with E-state index in [1.54, 1.807) is 24.3 Å². The molecule has 3 heteroatoms. The van der Waals surface area contributed by atoms with Crippen molar-refractivity contribution < 1.29 is 4.79 Å². The van der Waals surface area contributed by atoms with E-state index in [4.69, 9.17) is 5.26 Å². The molecule has 0 spiro atoms. The van der Waals surface area contributed by atoms with Crippen molar-refractivity contribution >= 4 is 11.6 Å². The van der Waals surface area contributed by atoms with Gasteiger partial charge >= 0.3 is 0 Å². The third kappa shape index (κ3) is 3.43.